The summed E-state index contributed by atoms with van der Waals surface area (Å²) in [6.45, 7) is 2.06. The molecule has 0 amide bonds. The number of carbonyl (C=O) groups excluding carboxylic acids is 1. The lowest BCUT2D eigenvalue weighted by Crippen LogP contribution is -2.01. The highest BCUT2D eigenvalue weighted by Crippen LogP contribution is 2.13. The lowest BCUT2D eigenvalue weighted by Gasteiger charge is -1.94. The lowest BCUT2D eigenvalue weighted by molar-refractivity contribution is -0.141. The minimum atomic E-state index is -0.969. The van der Waals surface area contributed by atoms with Crippen LogP contribution in [-0.4, -0.2) is 23.7 Å². The highest BCUT2D eigenvalue weighted by atomic mass is 32.1. The van der Waals surface area contributed by atoms with Crippen molar-refractivity contribution in [2.75, 3.05) is 6.61 Å². The van der Waals surface area contributed by atoms with E-state index in [0.29, 0.717) is 12.2 Å². The number of carbonyl (C=O) groups is 2. The molecule has 1 N–H and O–H groups in total. The van der Waals surface area contributed by atoms with E-state index in [9.17, 15) is 9.59 Å². The number of aromatic carboxylic acids is 1. The number of carboxylic acid groups (broad SMARTS) is 1. The van der Waals surface area contributed by atoms with Crippen molar-refractivity contribution in [1.82, 2.24) is 0 Å². The molecule has 0 saturated heterocycles. The van der Waals surface area contributed by atoms with Crippen LogP contribution < -0.4 is 0 Å². The average molecular weight is 238 g/mol. The first-order valence-electron chi connectivity index (χ1n) is 4.59. The number of ether oxygens (including phenoxy) is 1. The van der Waals surface area contributed by atoms with Gasteiger partial charge in [0.05, 0.1) is 6.61 Å². The molecule has 5 heteroatoms. The van der Waals surface area contributed by atoms with E-state index in [4.69, 9.17) is 9.84 Å². The molecule has 4 nitrogen and oxygen atoms in total. The summed E-state index contributed by atoms with van der Waals surface area (Å²) in [5, 5.41) is 10.3. The molecule has 84 valence electrons. The molecule has 0 aromatic carbocycles. The van der Waals surface area contributed by atoms with Crippen LogP contribution in [0.2, 0.25) is 0 Å². The molecule has 0 unspecified atom stereocenters. The molecule has 0 spiro atoms. The van der Waals surface area contributed by atoms with Gasteiger partial charge in [0, 0.05) is 10.9 Å². The number of hydrogen-bond donors (Lipinski definition) is 1. The molecule has 0 aliphatic rings. The highest BCUT2D eigenvalue weighted by molar-refractivity contribution is 7.12. The fraction of sp³-hybridized carbons (Fsp3) is 0.273. The number of esters is 1. The maximum Gasteiger partial charge on any atom is 0.345 e. The van der Waals surface area contributed by atoms with Crippen molar-refractivity contribution < 1.29 is 19.4 Å². The second-order valence-corrected chi connectivity index (χ2v) is 3.70. The molecule has 0 fully saturated rings. The fourth-order valence-corrected chi connectivity index (χ4v) is 1.62. The van der Waals surface area contributed by atoms with Gasteiger partial charge in [-0.2, -0.15) is 0 Å². The fourth-order valence-electron chi connectivity index (χ4n) is 0.944. The van der Waals surface area contributed by atoms with E-state index >= 15 is 0 Å². The Morgan fingerprint density at radius 1 is 1.56 bits per heavy atom. The first-order chi connectivity index (χ1) is 7.63. The van der Waals surface area contributed by atoms with Gasteiger partial charge in [-0.25, -0.2) is 4.79 Å². The minimum Gasteiger partial charge on any atom is -0.477 e. The topological polar surface area (TPSA) is 63.6 Å². The predicted octanol–water partition coefficient (Wildman–Crippen LogP) is 1.75. The molecule has 1 heterocycles. The first-order valence-corrected chi connectivity index (χ1v) is 5.47. The Hall–Kier alpha value is -1.80. The summed E-state index contributed by atoms with van der Waals surface area (Å²) in [5.41, 5.74) is 0.603. The maximum atomic E-state index is 10.9. The molecule has 0 radical (unpaired) electrons. The van der Waals surface area contributed by atoms with E-state index in [1.807, 2.05) is 0 Å². The van der Waals surface area contributed by atoms with Crippen molar-refractivity contribution in [1.29, 1.82) is 0 Å². The van der Waals surface area contributed by atoms with Crippen molar-refractivity contribution in [3.05, 3.63) is 21.9 Å². The standard InChI is InChI=1S/C11H10O4S/c1-2-15-10(12)5-3-4-8-6-9(11(13)14)16-7-8/h6-7H,2,5H2,1H3,(H,13,14). The van der Waals surface area contributed by atoms with Gasteiger partial charge in [-0.15, -0.1) is 11.3 Å². The van der Waals surface area contributed by atoms with Crippen molar-refractivity contribution in [3.63, 3.8) is 0 Å². The van der Waals surface area contributed by atoms with Gasteiger partial charge in [-0.3, -0.25) is 4.79 Å². The van der Waals surface area contributed by atoms with E-state index in [1.165, 1.54) is 6.07 Å². The highest BCUT2D eigenvalue weighted by Gasteiger charge is 2.04. The predicted molar refractivity (Wildman–Crippen MR) is 59.4 cm³/mol. The van der Waals surface area contributed by atoms with Gasteiger partial charge in [0.2, 0.25) is 0 Å². The summed E-state index contributed by atoms with van der Waals surface area (Å²) in [4.78, 5) is 21.7. The van der Waals surface area contributed by atoms with Gasteiger partial charge >= 0.3 is 11.9 Å². The Bertz CT molecular complexity index is 450. The molecule has 0 aliphatic carbocycles. The number of hydrogen-bond acceptors (Lipinski definition) is 4. The van der Waals surface area contributed by atoms with Gasteiger partial charge in [-0.1, -0.05) is 11.8 Å². The number of rotatable bonds is 3. The smallest absolute Gasteiger partial charge is 0.345 e. The number of thiophene rings is 1. The summed E-state index contributed by atoms with van der Waals surface area (Å²) in [6, 6.07) is 1.48. The largest absolute Gasteiger partial charge is 0.477 e. The van der Waals surface area contributed by atoms with Crippen LogP contribution >= 0.6 is 11.3 Å². The lowest BCUT2D eigenvalue weighted by atomic mass is 10.3. The summed E-state index contributed by atoms with van der Waals surface area (Å²) in [5.74, 6) is 3.99. The van der Waals surface area contributed by atoms with Crippen LogP contribution in [0.1, 0.15) is 28.6 Å². The summed E-state index contributed by atoms with van der Waals surface area (Å²) >= 11 is 1.11. The molecule has 0 atom stereocenters. The first kappa shape index (κ1) is 12.3. The van der Waals surface area contributed by atoms with Crippen molar-refractivity contribution in [2.45, 2.75) is 13.3 Å². The number of carboxylic acids is 1. The van der Waals surface area contributed by atoms with Crippen LogP contribution in [0.4, 0.5) is 0 Å². The van der Waals surface area contributed by atoms with Crippen LogP contribution in [0, 0.1) is 11.8 Å². The molecule has 1 rings (SSSR count). The van der Waals surface area contributed by atoms with Crippen molar-refractivity contribution >= 4 is 23.3 Å². The summed E-state index contributed by atoms with van der Waals surface area (Å²) < 4.78 is 4.69. The zero-order chi connectivity index (χ0) is 12.0. The maximum absolute atomic E-state index is 10.9. The van der Waals surface area contributed by atoms with Crippen LogP contribution in [0.15, 0.2) is 11.4 Å². The zero-order valence-electron chi connectivity index (χ0n) is 8.65. The van der Waals surface area contributed by atoms with Gasteiger partial charge in [-0.05, 0) is 13.0 Å². The molecule has 1 aromatic heterocycles. The van der Waals surface area contributed by atoms with Crippen LogP contribution in [0.3, 0.4) is 0 Å². The second kappa shape index (κ2) is 5.93. The van der Waals surface area contributed by atoms with Crippen molar-refractivity contribution in [3.8, 4) is 11.8 Å². The Morgan fingerprint density at radius 3 is 2.88 bits per heavy atom. The van der Waals surface area contributed by atoms with Gasteiger partial charge in [0.15, 0.2) is 0 Å². The molecule has 1 aromatic rings. The monoisotopic (exact) mass is 238 g/mol. The third-order valence-electron chi connectivity index (χ3n) is 1.58. The zero-order valence-corrected chi connectivity index (χ0v) is 9.47. The van der Waals surface area contributed by atoms with Gasteiger partial charge in [0.1, 0.15) is 11.3 Å². The third-order valence-corrected chi connectivity index (χ3v) is 2.50. The normalized spacial score (nSPS) is 9.06. The SMILES string of the molecule is CCOC(=O)CC#Cc1csc(C(=O)O)c1. The second-order valence-electron chi connectivity index (χ2n) is 2.79. The third kappa shape index (κ3) is 3.75. The molecule has 0 bridgehead atoms. The molecular weight excluding hydrogens is 228 g/mol. The van der Waals surface area contributed by atoms with Crippen LogP contribution in [-0.2, 0) is 9.53 Å². The van der Waals surface area contributed by atoms with Gasteiger partial charge < -0.3 is 9.84 Å². The van der Waals surface area contributed by atoms with Crippen LogP contribution in [0.5, 0.6) is 0 Å². The molecular formula is C11H10O4S. The van der Waals surface area contributed by atoms with Crippen LogP contribution in [0.25, 0.3) is 0 Å². The van der Waals surface area contributed by atoms with E-state index in [-0.39, 0.29) is 17.3 Å². The van der Waals surface area contributed by atoms with E-state index in [2.05, 4.69) is 11.8 Å². The Kier molecular flexibility index (Phi) is 4.55. The van der Waals surface area contributed by atoms with E-state index in [1.54, 1.807) is 12.3 Å². The van der Waals surface area contributed by atoms with E-state index in [0.717, 1.165) is 11.3 Å². The molecule has 16 heavy (non-hydrogen) atoms. The molecule has 0 aliphatic heterocycles. The summed E-state index contributed by atoms with van der Waals surface area (Å²) in [7, 11) is 0. The Morgan fingerprint density at radius 2 is 2.31 bits per heavy atom. The molecule has 0 saturated carbocycles. The van der Waals surface area contributed by atoms with E-state index < -0.39 is 5.97 Å². The summed E-state index contributed by atoms with van der Waals surface area (Å²) in [6.07, 6.45) is 0.0199. The minimum absolute atomic E-state index is 0.0199. The van der Waals surface area contributed by atoms with Gasteiger partial charge in [0.25, 0.3) is 0 Å². The Balaban J connectivity index is 2.56. The van der Waals surface area contributed by atoms with Crippen molar-refractivity contribution in [2.24, 2.45) is 0 Å². The Labute approximate surface area is 96.9 Å². The average Bonchev–Trinajstić information content (AvgIpc) is 2.67. The quantitative estimate of drug-likeness (QED) is 0.643.